The van der Waals surface area contributed by atoms with Gasteiger partial charge in [-0.25, -0.2) is 15.0 Å². The summed E-state index contributed by atoms with van der Waals surface area (Å²) in [7, 11) is 1.90. The number of rotatable bonds is 4. The Morgan fingerprint density at radius 2 is 2.00 bits per heavy atom. The van der Waals surface area contributed by atoms with Gasteiger partial charge >= 0.3 is 0 Å². The molecule has 0 amide bonds. The molecule has 0 unspecified atom stereocenters. The summed E-state index contributed by atoms with van der Waals surface area (Å²) < 4.78 is 5.98. The highest BCUT2D eigenvalue weighted by Crippen LogP contribution is 2.18. The fraction of sp³-hybridized carbons (Fsp3) is 0.250. The molecule has 0 radical (unpaired) electrons. The molecule has 0 saturated carbocycles. The Balaban J connectivity index is 1.76. The van der Waals surface area contributed by atoms with E-state index in [2.05, 4.69) is 31.1 Å². The highest BCUT2D eigenvalue weighted by Gasteiger charge is 2.14. The second kappa shape index (κ2) is 5.35. The topological polar surface area (TPSA) is 66.3 Å². The van der Waals surface area contributed by atoms with E-state index >= 15 is 0 Å². The van der Waals surface area contributed by atoms with Gasteiger partial charge in [-0.1, -0.05) is 0 Å². The maximum Gasteiger partial charge on any atom is 0.160 e. The summed E-state index contributed by atoms with van der Waals surface area (Å²) in [6.45, 7) is 3.57. The number of hydrogen-bond donors (Lipinski definition) is 0. The van der Waals surface area contributed by atoms with Crippen LogP contribution in [0, 0.1) is 0 Å². The molecule has 4 aromatic rings. The fourth-order valence-electron chi connectivity index (χ4n) is 2.82. The lowest BCUT2D eigenvalue weighted by molar-refractivity contribution is 0.662. The summed E-state index contributed by atoms with van der Waals surface area (Å²) in [6, 6.07) is 5.87. The number of imidazole rings is 2. The molecule has 23 heavy (non-hydrogen) atoms. The standard InChI is InChI=1S/C16H17N7/c1-3-23-14(19-12-5-4-7-17-16(12)23)11-22-10-8-18-15(22)13-6-9-21(2)20-13/h4-10H,3,11H2,1-2H3. The monoisotopic (exact) mass is 307 g/mol. The van der Waals surface area contributed by atoms with Gasteiger partial charge in [0, 0.05) is 38.4 Å². The molecule has 4 heterocycles. The number of aromatic nitrogens is 7. The van der Waals surface area contributed by atoms with Crippen LogP contribution >= 0.6 is 0 Å². The molecule has 0 aliphatic carbocycles. The predicted molar refractivity (Wildman–Crippen MR) is 86.7 cm³/mol. The van der Waals surface area contributed by atoms with Crippen LogP contribution in [0.15, 0.2) is 43.0 Å². The van der Waals surface area contributed by atoms with Crippen LogP contribution in [0.3, 0.4) is 0 Å². The molecular formula is C16H17N7. The Morgan fingerprint density at radius 3 is 2.78 bits per heavy atom. The third-order valence-electron chi connectivity index (χ3n) is 3.87. The Hall–Kier alpha value is -2.96. The van der Waals surface area contributed by atoms with E-state index < -0.39 is 0 Å². The summed E-state index contributed by atoms with van der Waals surface area (Å²) >= 11 is 0. The highest BCUT2D eigenvalue weighted by molar-refractivity contribution is 5.71. The quantitative estimate of drug-likeness (QED) is 0.579. The van der Waals surface area contributed by atoms with Gasteiger partial charge in [-0.3, -0.25) is 4.68 Å². The van der Waals surface area contributed by atoms with Crippen molar-refractivity contribution in [3.8, 4) is 11.5 Å². The van der Waals surface area contributed by atoms with E-state index in [9.17, 15) is 0 Å². The summed E-state index contributed by atoms with van der Waals surface area (Å²) in [5.41, 5.74) is 2.70. The first-order valence-electron chi connectivity index (χ1n) is 7.57. The normalized spacial score (nSPS) is 11.4. The van der Waals surface area contributed by atoms with Crippen molar-refractivity contribution in [2.45, 2.75) is 20.0 Å². The number of aryl methyl sites for hydroxylation is 2. The average Bonchev–Trinajstić information content (AvgIpc) is 3.25. The number of hydrogen-bond acceptors (Lipinski definition) is 4. The zero-order valence-electron chi connectivity index (χ0n) is 13.1. The van der Waals surface area contributed by atoms with Crippen LogP contribution in [-0.4, -0.2) is 33.9 Å². The minimum absolute atomic E-state index is 0.635. The van der Waals surface area contributed by atoms with E-state index in [1.54, 1.807) is 17.1 Å². The third-order valence-corrected chi connectivity index (χ3v) is 3.87. The van der Waals surface area contributed by atoms with Crippen molar-refractivity contribution in [3.05, 3.63) is 48.8 Å². The Kier molecular flexibility index (Phi) is 3.18. The zero-order chi connectivity index (χ0) is 15.8. The molecule has 116 valence electrons. The van der Waals surface area contributed by atoms with E-state index in [1.807, 2.05) is 37.6 Å². The molecule has 0 N–H and O–H groups in total. The summed E-state index contributed by atoms with van der Waals surface area (Å²) in [5.74, 6) is 1.81. The molecule has 4 rings (SSSR count). The van der Waals surface area contributed by atoms with Gasteiger partial charge in [0.05, 0.1) is 6.54 Å². The molecule has 0 atom stereocenters. The first-order valence-corrected chi connectivity index (χ1v) is 7.57. The lowest BCUT2D eigenvalue weighted by Crippen LogP contribution is -2.09. The van der Waals surface area contributed by atoms with Gasteiger partial charge in [-0.15, -0.1) is 0 Å². The predicted octanol–water partition coefficient (Wildman–Crippen LogP) is 2.10. The molecule has 0 aliphatic heterocycles. The molecule has 0 fully saturated rings. The van der Waals surface area contributed by atoms with Crippen molar-refractivity contribution < 1.29 is 0 Å². The molecule has 0 bridgehead atoms. The Morgan fingerprint density at radius 1 is 1.09 bits per heavy atom. The second-order valence-corrected chi connectivity index (χ2v) is 5.37. The molecule has 7 heteroatoms. The fourth-order valence-corrected chi connectivity index (χ4v) is 2.82. The first kappa shape index (κ1) is 13.7. The van der Waals surface area contributed by atoms with Crippen molar-refractivity contribution >= 4 is 11.2 Å². The smallest absolute Gasteiger partial charge is 0.160 e. The van der Waals surface area contributed by atoms with Gasteiger partial charge in [0.2, 0.25) is 0 Å². The van der Waals surface area contributed by atoms with Crippen molar-refractivity contribution in [2.24, 2.45) is 7.05 Å². The largest absolute Gasteiger partial charge is 0.322 e. The Labute approximate surface area is 133 Å². The zero-order valence-corrected chi connectivity index (χ0v) is 13.1. The maximum absolute atomic E-state index is 4.72. The van der Waals surface area contributed by atoms with Crippen LogP contribution < -0.4 is 0 Å². The van der Waals surface area contributed by atoms with E-state index in [4.69, 9.17) is 4.98 Å². The molecule has 0 saturated heterocycles. The second-order valence-electron chi connectivity index (χ2n) is 5.37. The minimum Gasteiger partial charge on any atom is -0.322 e. The van der Waals surface area contributed by atoms with Crippen LogP contribution in [0.5, 0.6) is 0 Å². The van der Waals surface area contributed by atoms with Crippen LogP contribution in [0.2, 0.25) is 0 Å². The lowest BCUT2D eigenvalue weighted by Gasteiger charge is -2.08. The van der Waals surface area contributed by atoms with Gasteiger partial charge in [0.25, 0.3) is 0 Å². The van der Waals surface area contributed by atoms with Crippen molar-refractivity contribution in [2.75, 3.05) is 0 Å². The molecule has 0 spiro atoms. The third kappa shape index (κ3) is 2.30. The van der Waals surface area contributed by atoms with Gasteiger partial charge in [-0.05, 0) is 25.1 Å². The lowest BCUT2D eigenvalue weighted by atomic mass is 10.4. The van der Waals surface area contributed by atoms with Crippen LogP contribution in [-0.2, 0) is 20.1 Å². The van der Waals surface area contributed by atoms with E-state index in [1.165, 1.54) is 0 Å². The van der Waals surface area contributed by atoms with E-state index in [0.29, 0.717) is 6.54 Å². The number of nitrogens with zero attached hydrogens (tertiary/aromatic N) is 7. The molecule has 0 aromatic carbocycles. The van der Waals surface area contributed by atoms with Gasteiger partial charge in [-0.2, -0.15) is 5.10 Å². The van der Waals surface area contributed by atoms with Crippen molar-refractivity contribution in [1.82, 2.24) is 33.9 Å². The van der Waals surface area contributed by atoms with Crippen LogP contribution in [0.1, 0.15) is 12.7 Å². The van der Waals surface area contributed by atoms with Gasteiger partial charge in [0.1, 0.15) is 17.0 Å². The molecule has 4 aromatic heterocycles. The molecule has 7 nitrogen and oxygen atoms in total. The minimum atomic E-state index is 0.635. The number of pyridine rings is 1. The highest BCUT2D eigenvalue weighted by atomic mass is 15.3. The summed E-state index contributed by atoms with van der Waals surface area (Å²) in [6.07, 6.45) is 7.47. The SMILES string of the molecule is CCn1c(Cn2ccnc2-c2ccn(C)n2)nc2cccnc21. The summed E-state index contributed by atoms with van der Waals surface area (Å²) in [4.78, 5) is 13.6. The van der Waals surface area contributed by atoms with Crippen LogP contribution in [0.4, 0.5) is 0 Å². The average molecular weight is 307 g/mol. The van der Waals surface area contributed by atoms with Crippen molar-refractivity contribution in [1.29, 1.82) is 0 Å². The van der Waals surface area contributed by atoms with Crippen molar-refractivity contribution in [3.63, 3.8) is 0 Å². The van der Waals surface area contributed by atoms with E-state index in [0.717, 1.165) is 35.1 Å². The van der Waals surface area contributed by atoms with Crippen LogP contribution in [0.25, 0.3) is 22.7 Å². The first-order chi connectivity index (χ1) is 11.3. The molecule has 0 aliphatic rings. The van der Waals surface area contributed by atoms with E-state index in [-0.39, 0.29) is 0 Å². The summed E-state index contributed by atoms with van der Waals surface area (Å²) in [5, 5.41) is 4.43. The Bertz CT molecular complexity index is 960. The number of fused-ring (bicyclic) bond motifs is 1. The van der Waals surface area contributed by atoms with Gasteiger partial charge < -0.3 is 9.13 Å². The van der Waals surface area contributed by atoms with Gasteiger partial charge in [0.15, 0.2) is 11.5 Å². The molecular weight excluding hydrogens is 290 g/mol. The maximum atomic E-state index is 4.72.